The van der Waals surface area contributed by atoms with Gasteiger partial charge >= 0.3 is 0 Å². The standard InChI is InChI=1S/C20H19N7O/c28-17(7-6-15-4-1-8-21-14-15)27-13-2-5-16(27)18-19(23-12-11-22-18)26-20-24-9-3-10-25-20/h1,3-4,6-12,14,16H,2,5,13H2,(H,23,24,25,26)/b7-6+. The molecule has 0 spiro atoms. The zero-order valence-corrected chi connectivity index (χ0v) is 15.1. The Bertz CT molecular complexity index is 963. The highest BCUT2D eigenvalue weighted by atomic mass is 16.2. The highest BCUT2D eigenvalue weighted by Gasteiger charge is 2.32. The molecule has 0 aromatic carbocycles. The van der Waals surface area contributed by atoms with Gasteiger partial charge in [-0.25, -0.2) is 15.0 Å². The normalized spacial score (nSPS) is 16.4. The van der Waals surface area contributed by atoms with Gasteiger partial charge in [-0.1, -0.05) is 6.07 Å². The molecule has 1 atom stereocenters. The van der Waals surface area contributed by atoms with E-state index in [1.807, 2.05) is 17.0 Å². The van der Waals surface area contributed by atoms with Gasteiger partial charge in [0.05, 0.1) is 6.04 Å². The summed E-state index contributed by atoms with van der Waals surface area (Å²) in [5.41, 5.74) is 1.60. The van der Waals surface area contributed by atoms with Crippen molar-refractivity contribution >= 4 is 23.7 Å². The van der Waals surface area contributed by atoms with E-state index >= 15 is 0 Å². The molecular formula is C20H19N7O. The topological polar surface area (TPSA) is 96.8 Å². The van der Waals surface area contributed by atoms with Crippen LogP contribution in [-0.2, 0) is 4.79 Å². The number of hydrogen-bond donors (Lipinski definition) is 1. The van der Waals surface area contributed by atoms with Gasteiger partial charge in [-0.15, -0.1) is 0 Å². The Morgan fingerprint density at radius 1 is 1.07 bits per heavy atom. The van der Waals surface area contributed by atoms with Crippen LogP contribution >= 0.6 is 0 Å². The molecule has 28 heavy (non-hydrogen) atoms. The van der Waals surface area contributed by atoms with E-state index in [2.05, 4.69) is 30.2 Å². The molecular weight excluding hydrogens is 354 g/mol. The number of pyridine rings is 1. The molecule has 1 aliphatic heterocycles. The zero-order valence-electron chi connectivity index (χ0n) is 15.1. The maximum Gasteiger partial charge on any atom is 0.247 e. The predicted octanol–water partition coefficient (Wildman–Crippen LogP) is 2.78. The summed E-state index contributed by atoms with van der Waals surface area (Å²) < 4.78 is 0. The van der Waals surface area contributed by atoms with E-state index in [0.29, 0.717) is 18.3 Å². The summed E-state index contributed by atoms with van der Waals surface area (Å²) in [5, 5.41) is 3.11. The third-order valence-corrected chi connectivity index (χ3v) is 4.48. The van der Waals surface area contributed by atoms with Crippen molar-refractivity contribution in [1.29, 1.82) is 0 Å². The number of hydrogen-bond acceptors (Lipinski definition) is 7. The number of nitrogens with zero attached hydrogens (tertiary/aromatic N) is 6. The van der Waals surface area contributed by atoms with Crippen LogP contribution in [0.25, 0.3) is 6.08 Å². The van der Waals surface area contributed by atoms with Crippen molar-refractivity contribution in [1.82, 2.24) is 29.8 Å². The van der Waals surface area contributed by atoms with E-state index in [4.69, 9.17) is 0 Å². The van der Waals surface area contributed by atoms with E-state index in [1.165, 1.54) is 0 Å². The molecule has 8 heteroatoms. The molecule has 0 aliphatic carbocycles. The van der Waals surface area contributed by atoms with Gasteiger partial charge in [0.15, 0.2) is 5.82 Å². The molecule has 8 nitrogen and oxygen atoms in total. The van der Waals surface area contributed by atoms with Gasteiger partial charge in [0.1, 0.15) is 5.69 Å². The highest BCUT2D eigenvalue weighted by molar-refractivity contribution is 5.92. The summed E-state index contributed by atoms with van der Waals surface area (Å²) >= 11 is 0. The number of carbonyl (C=O) groups excluding carboxylic acids is 1. The number of amides is 1. The molecule has 0 bridgehead atoms. The lowest BCUT2D eigenvalue weighted by Crippen LogP contribution is -2.30. The van der Waals surface area contributed by atoms with E-state index in [1.54, 1.807) is 55.4 Å². The highest BCUT2D eigenvalue weighted by Crippen LogP contribution is 2.34. The van der Waals surface area contributed by atoms with Crippen LogP contribution in [-0.4, -0.2) is 42.3 Å². The molecule has 0 saturated carbocycles. The number of nitrogens with one attached hydrogen (secondary N) is 1. The Morgan fingerprint density at radius 3 is 2.75 bits per heavy atom. The molecule has 1 unspecified atom stereocenters. The fourth-order valence-electron chi connectivity index (χ4n) is 3.21. The Morgan fingerprint density at radius 2 is 1.93 bits per heavy atom. The van der Waals surface area contributed by atoms with E-state index in [9.17, 15) is 4.79 Å². The average Bonchev–Trinajstić information content (AvgIpc) is 3.24. The van der Waals surface area contributed by atoms with Gasteiger partial charge in [-0.3, -0.25) is 14.8 Å². The van der Waals surface area contributed by atoms with Crippen molar-refractivity contribution in [3.8, 4) is 0 Å². The molecule has 140 valence electrons. The van der Waals surface area contributed by atoms with Crippen molar-refractivity contribution in [2.75, 3.05) is 11.9 Å². The molecule has 1 fully saturated rings. The fraction of sp³-hybridized carbons (Fsp3) is 0.200. The van der Waals surface area contributed by atoms with Crippen LogP contribution in [0.1, 0.15) is 30.1 Å². The summed E-state index contributed by atoms with van der Waals surface area (Å²) in [6.45, 7) is 0.679. The van der Waals surface area contributed by atoms with E-state index < -0.39 is 0 Å². The van der Waals surface area contributed by atoms with Crippen LogP contribution in [0.5, 0.6) is 0 Å². The van der Waals surface area contributed by atoms with Gasteiger partial charge in [-0.05, 0) is 36.6 Å². The van der Waals surface area contributed by atoms with Gasteiger partial charge in [-0.2, -0.15) is 0 Å². The maximum absolute atomic E-state index is 12.8. The average molecular weight is 373 g/mol. The molecule has 3 aromatic rings. The second-order valence-corrected chi connectivity index (χ2v) is 6.30. The smallest absolute Gasteiger partial charge is 0.247 e. The van der Waals surface area contributed by atoms with Crippen LogP contribution in [0, 0.1) is 0 Å². The van der Waals surface area contributed by atoms with Gasteiger partial charge in [0.25, 0.3) is 0 Å². The van der Waals surface area contributed by atoms with Crippen LogP contribution < -0.4 is 5.32 Å². The molecule has 1 N–H and O–H groups in total. The quantitative estimate of drug-likeness (QED) is 0.687. The van der Waals surface area contributed by atoms with Gasteiger partial charge in [0.2, 0.25) is 11.9 Å². The first-order valence-corrected chi connectivity index (χ1v) is 9.05. The van der Waals surface area contributed by atoms with Crippen LogP contribution in [0.4, 0.5) is 11.8 Å². The number of carbonyl (C=O) groups is 1. The summed E-state index contributed by atoms with van der Waals surface area (Å²) in [7, 11) is 0. The Labute approximate surface area is 162 Å². The van der Waals surface area contributed by atoms with Gasteiger partial charge in [0, 0.05) is 49.8 Å². The van der Waals surface area contributed by atoms with Crippen molar-refractivity contribution in [2.45, 2.75) is 18.9 Å². The summed E-state index contributed by atoms with van der Waals surface area (Å²) in [4.78, 5) is 35.9. The number of likely N-dealkylation sites (tertiary alicyclic amines) is 1. The van der Waals surface area contributed by atoms with Crippen molar-refractivity contribution in [3.63, 3.8) is 0 Å². The first-order chi connectivity index (χ1) is 13.8. The number of rotatable bonds is 5. The third-order valence-electron chi connectivity index (χ3n) is 4.48. The first kappa shape index (κ1) is 17.7. The van der Waals surface area contributed by atoms with Crippen molar-refractivity contribution in [2.24, 2.45) is 0 Å². The van der Waals surface area contributed by atoms with Crippen LogP contribution in [0.2, 0.25) is 0 Å². The third kappa shape index (κ3) is 4.01. The number of aromatic nitrogens is 5. The lowest BCUT2D eigenvalue weighted by atomic mass is 10.1. The number of anilines is 2. The van der Waals surface area contributed by atoms with E-state index in [0.717, 1.165) is 24.1 Å². The lowest BCUT2D eigenvalue weighted by Gasteiger charge is -2.24. The summed E-state index contributed by atoms with van der Waals surface area (Å²) in [6.07, 6.45) is 15.1. The van der Waals surface area contributed by atoms with Gasteiger partial charge < -0.3 is 10.2 Å². The minimum atomic E-state index is -0.147. The van der Waals surface area contributed by atoms with Crippen molar-refractivity contribution < 1.29 is 4.79 Å². The predicted molar refractivity (Wildman–Crippen MR) is 104 cm³/mol. The second kappa shape index (κ2) is 8.34. The van der Waals surface area contributed by atoms with Crippen molar-refractivity contribution in [3.05, 3.63) is 72.7 Å². The Hall–Kier alpha value is -3.68. The SMILES string of the molecule is O=C(/C=C/c1cccnc1)N1CCCC1c1nccnc1Nc1ncccn1. The molecule has 3 aromatic heterocycles. The zero-order chi connectivity index (χ0) is 19.2. The Balaban J connectivity index is 1.55. The summed E-state index contributed by atoms with van der Waals surface area (Å²) in [5.74, 6) is 0.949. The monoisotopic (exact) mass is 373 g/mol. The minimum absolute atomic E-state index is 0.0566. The maximum atomic E-state index is 12.8. The van der Waals surface area contributed by atoms with Crippen LogP contribution in [0.3, 0.4) is 0 Å². The first-order valence-electron chi connectivity index (χ1n) is 9.05. The summed E-state index contributed by atoms with van der Waals surface area (Å²) in [6, 6.07) is 5.34. The second-order valence-electron chi connectivity index (χ2n) is 6.30. The Kier molecular flexibility index (Phi) is 5.28. The largest absolute Gasteiger partial charge is 0.330 e. The molecule has 4 rings (SSSR count). The molecule has 0 radical (unpaired) electrons. The fourth-order valence-corrected chi connectivity index (χ4v) is 3.21. The lowest BCUT2D eigenvalue weighted by molar-refractivity contribution is -0.126. The molecule has 4 heterocycles. The van der Waals surface area contributed by atoms with Crippen LogP contribution in [0.15, 0.2) is 61.5 Å². The molecule has 1 aliphatic rings. The molecule has 1 amide bonds. The minimum Gasteiger partial charge on any atom is -0.330 e. The molecule has 1 saturated heterocycles. The van der Waals surface area contributed by atoms with E-state index in [-0.39, 0.29) is 11.9 Å².